The normalized spacial score (nSPS) is 11.7. The molecule has 3 heterocycles. The van der Waals surface area contributed by atoms with E-state index in [9.17, 15) is 0 Å². The first-order chi connectivity index (χ1) is 21.3. The van der Waals surface area contributed by atoms with Gasteiger partial charge in [-0.2, -0.15) is 4.98 Å². The Bertz CT molecular complexity index is 2380. The fourth-order valence-electron chi connectivity index (χ4n) is 6.47. The molecule has 0 amide bonds. The summed E-state index contributed by atoms with van der Waals surface area (Å²) in [6, 6.07) is 53.4. The van der Waals surface area contributed by atoms with Gasteiger partial charge >= 0.3 is 6.01 Å². The van der Waals surface area contributed by atoms with Gasteiger partial charge in [-0.1, -0.05) is 115 Å². The summed E-state index contributed by atoms with van der Waals surface area (Å²) in [5, 5.41) is 4.78. The van der Waals surface area contributed by atoms with Crippen LogP contribution in [0.2, 0.25) is 0 Å². The molecule has 6 aromatic carbocycles. The van der Waals surface area contributed by atoms with Crippen molar-refractivity contribution in [3.63, 3.8) is 0 Å². The first kappa shape index (κ1) is 23.8. The fraction of sp³-hybridized carbons (Fsp3) is 0. The van der Waals surface area contributed by atoms with E-state index in [0.29, 0.717) is 6.01 Å². The molecule has 3 aromatic heterocycles. The summed E-state index contributed by atoms with van der Waals surface area (Å²) in [6.07, 6.45) is 0. The van der Waals surface area contributed by atoms with Crippen molar-refractivity contribution in [3.8, 4) is 34.3 Å². The summed E-state index contributed by atoms with van der Waals surface area (Å²) in [6.45, 7) is 0. The molecule has 0 bridgehead atoms. The second kappa shape index (κ2) is 9.33. The Hall–Kier alpha value is -5.87. The topological polar surface area (TPSA) is 35.9 Å². The summed E-state index contributed by atoms with van der Waals surface area (Å²) < 4.78 is 11.3. The molecule has 0 aliphatic heterocycles. The Morgan fingerprint density at radius 3 is 1.58 bits per heavy atom. The van der Waals surface area contributed by atoms with E-state index < -0.39 is 0 Å². The quantitative estimate of drug-likeness (QED) is 0.218. The number of hydrogen-bond acceptors (Lipinski definition) is 2. The van der Waals surface area contributed by atoms with Crippen LogP contribution in [-0.4, -0.2) is 14.1 Å². The van der Waals surface area contributed by atoms with E-state index in [4.69, 9.17) is 9.40 Å². The van der Waals surface area contributed by atoms with Crippen molar-refractivity contribution in [1.29, 1.82) is 0 Å². The lowest BCUT2D eigenvalue weighted by Gasteiger charge is -2.08. The molecule has 202 valence electrons. The average molecular weight is 552 g/mol. The van der Waals surface area contributed by atoms with Gasteiger partial charge in [0.05, 0.1) is 22.1 Å². The third kappa shape index (κ3) is 3.60. The highest BCUT2D eigenvalue weighted by molar-refractivity contribution is 6.19. The first-order valence-electron chi connectivity index (χ1n) is 14.5. The van der Waals surface area contributed by atoms with E-state index in [0.717, 1.165) is 50.2 Å². The Morgan fingerprint density at radius 2 is 0.930 bits per heavy atom. The van der Waals surface area contributed by atoms with Crippen LogP contribution in [0.4, 0.5) is 0 Å². The molecule has 0 fully saturated rings. The van der Waals surface area contributed by atoms with Crippen molar-refractivity contribution in [2.45, 2.75) is 0 Å². The smallest absolute Gasteiger partial charge is 0.307 e. The number of aromatic nitrogens is 3. The molecule has 9 rings (SSSR count). The van der Waals surface area contributed by atoms with Gasteiger partial charge in [0, 0.05) is 38.4 Å². The van der Waals surface area contributed by atoms with Crippen LogP contribution in [0.3, 0.4) is 0 Å². The lowest BCUT2D eigenvalue weighted by atomic mass is 10.1. The lowest BCUT2D eigenvalue weighted by Crippen LogP contribution is -1.96. The monoisotopic (exact) mass is 551 g/mol. The first-order valence-corrected chi connectivity index (χ1v) is 14.5. The molecule has 0 radical (unpaired) electrons. The predicted octanol–water partition coefficient (Wildman–Crippen LogP) is 10.2. The van der Waals surface area contributed by atoms with Gasteiger partial charge in [0.15, 0.2) is 5.76 Å². The molecule has 43 heavy (non-hydrogen) atoms. The van der Waals surface area contributed by atoms with E-state index in [-0.39, 0.29) is 0 Å². The Kier molecular flexibility index (Phi) is 5.16. The Labute approximate surface area is 247 Å². The molecule has 9 aromatic rings. The average Bonchev–Trinajstić information content (AvgIpc) is 3.75. The van der Waals surface area contributed by atoms with Gasteiger partial charge in [-0.15, -0.1) is 0 Å². The van der Waals surface area contributed by atoms with Crippen molar-refractivity contribution in [2.24, 2.45) is 0 Å². The van der Waals surface area contributed by atoms with Crippen molar-refractivity contribution >= 4 is 43.6 Å². The van der Waals surface area contributed by atoms with Gasteiger partial charge in [-0.05, 0) is 36.4 Å². The highest BCUT2D eigenvalue weighted by atomic mass is 16.4. The van der Waals surface area contributed by atoms with Gasteiger partial charge in [0.2, 0.25) is 0 Å². The van der Waals surface area contributed by atoms with Crippen LogP contribution in [0.15, 0.2) is 156 Å². The van der Waals surface area contributed by atoms with Gasteiger partial charge in [0.1, 0.15) is 5.69 Å². The minimum absolute atomic E-state index is 0.547. The van der Waals surface area contributed by atoms with Crippen LogP contribution >= 0.6 is 0 Å². The SMILES string of the molecule is c1ccc(-c2nc(-n3c4ccccc4c4cc5c6ccccc6n(-c6ccccc6)c5cc43)oc2-c2ccccc2)cc1. The molecule has 0 saturated heterocycles. The zero-order valence-electron chi connectivity index (χ0n) is 23.2. The van der Waals surface area contributed by atoms with Crippen molar-refractivity contribution in [3.05, 3.63) is 152 Å². The second-order valence-corrected chi connectivity index (χ2v) is 10.8. The zero-order chi connectivity index (χ0) is 28.3. The standard InChI is InChI=1S/C39H25N3O/c1-4-14-26(15-5-1)37-38(27-16-6-2-7-17-27)43-39(40-37)42-34-23-13-11-21-30(34)32-24-31-29-20-10-12-22-33(29)41(35(31)25-36(32)42)28-18-8-3-9-19-28/h1-25H. The Morgan fingerprint density at radius 1 is 0.419 bits per heavy atom. The largest absolute Gasteiger partial charge is 0.422 e. The van der Waals surface area contributed by atoms with Crippen LogP contribution < -0.4 is 0 Å². The molecule has 0 unspecified atom stereocenters. The molecular weight excluding hydrogens is 526 g/mol. The number of para-hydroxylation sites is 3. The molecule has 0 aliphatic carbocycles. The van der Waals surface area contributed by atoms with E-state index in [1.165, 1.54) is 21.7 Å². The van der Waals surface area contributed by atoms with Gasteiger partial charge < -0.3 is 8.98 Å². The predicted molar refractivity (Wildman–Crippen MR) is 176 cm³/mol. The van der Waals surface area contributed by atoms with Crippen LogP contribution in [0.5, 0.6) is 0 Å². The summed E-state index contributed by atoms with van der Waals surface area (Å²) >= 11 is 0. The van der Waals surface area contributed by atoms with Gasteiger partial charge in [0.25, 0.3) is 0 Å². The van der Waals surface area contributed by atoms with Crippen molar-refractivity contribution in [1.82, 2.24) is 14.1 Å². The highest BCUT2D eigenvalue weighted by Gasteiger charge is 2.23. The minimum Gasteiger partial charge on any atom is -0.422 e. The number of hydrogen-bond donors (Lipinski definition) is 0. The number of fused-ring (bicyclic) bond motifs is 6. The fourth-order valence-corrected chi connectivity index (χ4v) is 6.47. The molecule has 0 spiro atoms. The summed E-state index contributed by atoms with van der Waals surface area (Å²) in [5.74, 6) is 0.757. The number of rotatable bonds is 4. The minimum atomic E-state index is 0.547. The molecule has 4 nitrogen and oxygen atoms in total. The number of benzene rings is 6. The van der Waals surface area contributed by atoms with Gasteiger partial charge in [-0.3, -0.25) is 4.57 Å². The maximum atomic E-state index is 6.75. The Balaban J connectivity index is 1.40. The summed E-state index contributed by atoms with van der Waals surface area (Å²) in [4.78, 5) is 5.19. The molecule has 0 atom stereocenters. The highest BCUT2D eigenvalue weighted by Crippen LogP contribution is 2.41. The molecule has 0 N–H and O–H groups in total. The van der Waals surface area contributed by atoms with Crippen LogP contribution in [0.25, 0.3) is 77.9 Å². The molecule has 0 aliphatic rings. The third-order valence-electron chi connectivity index (χ3n) is 8.37. The van der Waals surface area contributed by atoms with E-state index >= 15 is 0 Å². The molecule has 0 saturated carbocycles. The molecule has 4 heteroatoms. The number of oxazole rings is 1. The summed E-state index contributed by atoms with van der Waals surface area (Å²) in [5.41, 5.74) is 8.39. The third-order valence-corrected chi connectivity index (χ3v) is 8.37. The molecular formula is C39H25N3O. The van der Waals surface area contributed by atoms with Crippen LogP contribution in [0, 0.1) is 0 Å². The zero-order valence-corrected chi connectivity index (χ0v) is 23.2. The lowest BCUT2D eigenvalue weighted by molar-refractivity contribution is 0.548. The van der Waals surface area contributed by atoms with Gasteiger partial charge in [-0.25, -0.2) is 0 Å². The van der Waals surface area contributed by atoms with Crippen LogP contribution in [0.1, 0.15) is 0 Å². The maximum absolute atomic E-state index is 6.75. The van der Waals surface area contributed by atoms with Crippen LogP contribution in [-0.2, 0) is 0 Å². The maximum Gasteiger partial charge on any atom is 0.307 e. The second-order valence-electron chi connectivity index (χ2n) is 10.8. The van der Waals surface area contributed by atoms with E-state index in [2.05, 4.69) is 124 Å². The van der Waals surface area contributed by atoms with E-state index in [1.54, 1.807) is 0 Å². The van der Waals surface area contributed by atoms with Crippen molar-refractivity contribution in [2.75, 3.05) is 0 Å². The number of nitrogens with zero attached hydrogens (tertiary/aromatic N) is 3. The van der Waals surface area contributed by atoms with E-state index in [1.807, 2.05) is 36.4 Å². The van der Waals surface area contributed by atoms with Crippen molar-refractivity contribution < 1.29 is 4.42 Å². The summed E-state index contributed by atoms with van der Waals surface area (Å²) in [7, 11) is 0.